The van der Waals surface area contributed by atoms with E-state index < -0.39 is 4.92 Å². The summed E-state index contributed by atoms with van der Waals surface area (Å²) < 4.78 is 0. The zero-order valence-electron chi connectivity index (χ0n) is 7.97. The molecule has 1 aromatic carbocycles. The van der Waals surface area contributed by atoms with Crippen molar-refractivity contribution in [2.75, 3.05) is 12.0 Å². The number of nitro groups is 1. The van der Waals surface area contributed by atoms with Crippen molar-refractivity contribution in [3.05, 3.63) is 28.3 Å². The Kier molecular flexibility index (Phi) is 2.97. The van der Waals surface area contributed by atoms with Crippen LogP contribution in [-0.4, -0.2) is 22.0 Å². The molecule has 0 radical (unpaired) electrons. The number of aliphatic imine (C=N–C) groups is 1. The van der Waals surface area contributed by atoms with Crippen LogP contribution in [-0.2, 0) is 0 Å². The van der Waals surface area contributed by atoms with Gasteiger partial charge in [-0.15, -0.1) is 23.5 Å². The number of rotatable bonds is 1. The Labute approximate surface area is 95.3 Å². The molecule has 0 saturated carbocycles. The molecular weight excluding hydrogens is 232 g/mol. The fourth-order valence-electron chi connectivity index (χ4n) is 1.24. The van der Waals surface area contributed by atoms with Crippen LogP contribution < -0.4 is 0 Å². The Hall–Kier alpha value is -1.01. The largest absolute Gasteiger partial charge is 0.271 e. The molecule has 0 bridgehead atoms. The molecule has 0 atom stereocenters. The minimum Gasteiger partial charge on any atom is -0.258 e. The van der Waals surface area contributed by atoms with Crippen LogP contribution in [0.2, 0.25) is 0 Å². The van der Waals surface area contributed by atoms with Gasteiger partial charge in [0.25, 0.3) is 5.69 Å². The number of hydrogen-bond donors (Lipinski definition) is 0. The van der Waals surface area contributed by atoms with E-state index in [4.69, 9.17) is 0 Å². The van der Waals surface area contributed by atoms with E-state index in [0.717, 1.165) is 15.7 Å². The van der Waals surface area contributed by atoms with Gasteiger partial charge >= 0.3 is 0 Å². The van der Waals surface area contributed by atoms with Gasteiger partial charge in [0.2, 0.25) is 0 Å². The smallest absolute Gasteiger partial charge is 0.258 e. The first-order valence-electron chi connectivity index (χ1n) is 4.23. The van der Waals surface area contributed by atoms with Crippen molar-refractivity contribution in [2.45, 2.75) is 4.90 Å². The van der Waals surface area contributed by atoms with Crippen molar-refractivity contribution in [3.63, 3.8) is 0 Å². The Balaban J connectivity index is 2.44. The number of non-ortho nitro benzene ring substituents is 1. The lowest BCUT2D eigenvalue weighted by Gasteiger charge is -2.12. The van der Waals surface area contributed by atoms with Gasteiger partial charge in [0.15, 0.2) is 0 Å². The second-order valence-electron chi connectivity index (χ2n) is 2.91. The van der Waals surface area contributed by atoms with Gasteiger partial charge in [-0.25, -0.2) is 4.99 Å². The maximum Gasteiger partial charge on any atom is 0.271 e. The van der Waals surface area contributed by atoms with Crippen LogP contribution in [0.25, 0.3) is 0 Å². The molecule has 0 saturated heterocycles. The van der Waals surface area contributed by atoms with Crippen LogP contribution in [0.4, 0.5) is 11.4 Å². The Morgan fingerprint density at radius 2 is 2.40 bits per heavy atom. The Morgan fingerprint density at radius 3 is 3.07 bits per heavy atom. The molecule has 1 heterocycles. The zero-order valence-corrected chi connectivity index (χ0v) is 9.60. The summed E-state index contributed by atoms with van der Waals surface area (Å²) >= 11 is 3.25. The molecule has 6 heteroatoms. The first kappa shape index (κ1) is 10.5. The van der Waals surface area contributed by atoms with E-state index in [1.807, 2.05) is 6.26 Å². The van der Waals surface area contributed by atoms with Crippen molar-refractivity contribution < 1.29 is 4.92 Å². The lowest BCUT2D eigenvalue weighted by atomic mass is 10.3. The van der Waals surface area contributed by atoms with Crippen LogP contribution in [0.3, 0.4) is 0 Å². The molecule has 0 fully saturated rings. The van der Waals surface area contributed by atoms with Crippen molar-refractivity contribution in [1.82, 2.24) is 0 Å². The van der Waals surface area contributed by atoms with Gasteiger partial charge in [-0.05, 0) is 12.3 Å². The minimum atomic E-state index is -0.395. The zero-order chi connectivity index (χ0) is 10.8. The third-order valence-electron chi connectivity index (χ3n) is 1.99. The first-order chi connectivity index (χ1) is 7.20. The highest BCUT2D eigenvalue weighted by Gasteiger charge is 2.15. The molecule has 78 valence electrons. The number of benzene rings is 1. The minimum absolute atomic E-state index is 0.0976. The number of fused-ring (bicyclic) bond motifs is 1. The molecule has 15 heavy (non-hydrogen) atoms. The summed E-state index contributed by atoms with van der Waals surface area (Å²) in [5.41, 5.74) is 0.810. The predicted octanol–water partition coefficient (Wildman–Crippen LogP) is 3.09. The highest BCUT2D eigenvalue weighted by molar-refractivity contribution is 8.15. The van der Waals surface area contributed by atoms with Crippen molar-refractivity contribution in [3.8, 4) is 0 Å². The molecule has 0 unspecified atom stereocenters. The van der Waals surface area contributed by atoms with Gasteiger partial charge in [-0.1, -0.05) is 0 Å². The summed E-state index contributed by atoms with van der Waals surface area (Å²) in [4.78, 5) is 15.6. The molecular formula is C9H8N2O2S2. The molecule has 2 rings (SSSR count). The molecule has 4 nitrogen and oxygen atoms in total. The highest BCUT2D eigenvalue weighted by atomic mass is 32.2. The third-order valence-corrected chi connectivity index (χ3v) is 3.95. The third kappa shape index (κ3) is 2.15. The van der Waals surface area contributed by atoms with E-state index in [9.17, 15) is 10.1 Å². The van der Waals surface area contributed by atoms with Gasteiger partial charge in [0.1, 0.15) is 0 Å². The quantitative estimate of drug-likeness (QED) is 0.559. The van der Waals surface area contributed by atoms with Gasteiger partial charge in [-0.3, -0.25) is 10.1 Å². The molecule has 1 aliphatic heterocycles. The monoisotopic (exact) mass is 240 g/mol. The summed E-state index contributed by atoms with van der Waals surface area (Å²) in [5, 5.41) is 11.6. The van der Waals surface area contributed by atoms with Crippen molar-refractivity contribution >= 4 is 39.9 Å². The van der Waals surface area contributed by atoms with E-state index in [-0.39, 0.29) is 5.69 Å². The van der Waals surface area contributed by atoms with E-state index in [0.29, 0.717) is 5.69 Å². The number of nitro benzene ring substituents is 1. The second kappa shape index (κ2) is 4.24. The second-order valence-corrected chi connectivity index (χ2v) is 4.80. The standard InChI is InChI=1S/C9H8N2O2S2/c1-14-9-5-15-8-3-2-6(11(12)13)4-7(8)10-9/h2-4H,5H2,1H3. The van der Waals surface area contributed by atoms with E-state index in [1.54, 1.807) is 29.6 Å². The van der Waals surface area contributed by atoms with Gasteiger partial charge < -0.3 is 0 Å². The maximum atomic E-state index is 10.6. The van der Waals surface area contributed by atoms with Crippen LogP contribution in [0.5, 0.6) is 0 Å². The topological polar surface area (TPSA) is 55.5 Å². The van der Waals surface area contributed by atoms with Crippen molar-refractivity contribution in [1.29, 1.82) is 0 Å². The van der Waals surface area contributed by atoms with Gasteiger partial charge in [0, 0.05) is 22.8 Å². The Bertz CT molecular complexity index is 446. The van der Waals surface area contributed by atoms with E-state index in [1.165, 1.54) is 12.1 Å². The summed E-state index contributed by atoms with van der Waals surface area (Å²) in [6.45, 7) is 0. The average Bonchev–Trinajstić information content (AvgIpc) is 2.27. The van der Waals surface area contributed by atoms with Crippen molar-refractivity contribution in [2.24, 2.45) is 4.99 Å². The molecule has 0 aromatic heterocycles. The van der Waals surface area contributed by atoms with Crippen LogP contribution in [0, 0.1) is 10.1 Å². The summed E-state index contributed by atoms with van der Waals surface area (Å²) in [5.74, 6) is 0.853. The predicted molar refractivity (Wildman–Crippen MR) is 64.4 cm³/mol. The number of hydrogen-bond acceptors (Lipinski definition) is 5. The summed E-state index contributed by atoms with van der Waals surface area (Å²) in [6, 6.07) is 4.81. The molecule has 0 spiro atoms. The molecule has 0 N–H and O–H groups in total. The van der Waals surface area contributed by atoms with Crippen LogP contribution >= 0.6 is 23.5 Å². The SMILES string of the molecule is CSC1=Nc2cc([N+](=O)[O-])ccc2SC1. The lowest BCUT2D eigenvalue weighted by molar-refractivity contribution is -0.384. The van der Waals surface area contributed by atoms with Gasteiger partial charge in [-0.2, -0.15) is 0 Å². The molecule has 0 aliphatic carbocycles. The highest BCUT2D eigenvalue weighted by Crippen LogP contribution is 2.37. The number of thioether (sulfide) groups is 2. The lowest BCUT2D eigenvalue weighted by Crippen LogP contribution is -2.00. The van der Waals surface area contributed by atoms with Crippen LogP contribution in [0.1, 0.15) is 0 Å². The summed E-state index contributed by atoms with van der Waals surface area (Å²) in [6.07, 6.45) is 1.96. The Morgan fingerprint density at radius 1 is 1.60 bits per heavy atom. The molecule has 0 amide bonds. The fraction of sp³-hybridized carbons (Fsp3) is 0.222. The van der Waals surface area contributed by atoms with Gasteiger partial charge in [0.05, 0.1) is 15.7 Å². The van der Waals surface area contributed by atoms with Crippen LogP contribution in [0.15, 0.2) is 28.1 Å². The number of nitrogens with zero attached hydrogens (tertiary/aromatic N) is 2. The molecule has 1 aliphatic rings. The first-order valence-corrected chi connectivity index (χ1v) is 6.44. The van der Waals surface area contributed by atoms with E-state index >= 15 is 0 Å². The summed E-state index contributed by atoms with van der Waals surface area (Å²) in [7, 11) is 0. The average molecular weight is 240 g/mol. The molecule has 1 aromatic rings. The van der Waals surface area contributed by atoms with E-state index in [2.05, 4.69) is 4.99 Å². The fourth-order valence-corrected chi connectivity index (χ4v) is 2.84. The normalized spacial score (nSPS) is 14.3. The maximum absolute atomic E-state index is 10.6.